The highest BCUT2D eigenvalue weighted by atomic mass is 32.1. The Morgan fingerprint density at radius 1 is 0.575 bits per heavy atom. The highest BCUT2D eigenvalue weighted by Crippen LogP contribution is 2.35. The Morgan fingerprint density at radius 2 is 1.00 bits per heavy atom. The average Bonchev–Trinajstić information content (AvgIpc) is 3.34. The van der Waals surface area contributed by atoms with Crippen LogP contribution in [0.25, 0.3) is 32.8 Å². The van der Waals surface area contributed by atoms with Crippen molar-refractivity contribution in [2.45, 2.75) is 5.92 Å². The minimum Gasteiger partial charge on any atom is -0.319 e. The maximum atomic E-state index is 13.9. The van der Waals surface area contributed by atoms with Crippen molar-refractivity contribution in [3.63, 3.8) is 0 Å². The van der Waals surface area contributed by atoms with Gasteiger partial charge in [0.25, 0.3) is 5.91 Å². The van der Waals surface area contributed by atoms with Crippen molar-refractivity contribution in [2.75, 3.05) is 0 Å². The van der Waals surface area contributed by atoms with Crippen LogP contribution in [0.1, 0.15) is 17.0 Å². The van der Waals surface area contributed by atoms with Gasteiger partial charge in [-0.25, -0.2) is 0 Å². The van der Waals surface area contributed by atoms with Gasteiger partial charge in [0.2, 0.25) is 0 Å². The first-order valence-corrected chi connectivity index (χ1v) is 14.1. The molecule has 4 heteroatoms. The first kappa shape index (κ1) is 25.5. The molecular weight excluding hydrogens is 508 g/mol. The van der Waals surface area contributed by atoms with E-state index in [1.807, 2.05) is 92.0 Å². The summed E-state index contributed by atoms with van der Waals surface area (Å²) in [6.07, 6.45) is 0. The van der Waals surface area contributed by atoms with Gasteiger partial charge in [-0.3, -0.25) is 4.79 Å². The second-order valence-electron chi connectivity index (χ2n) is 9.64. The maximum Gasteiger partial charge on any atom is 0.260 e. The van der Waals surface area contributed by atoms with E-state index in [0.29, 0.717) is 4.80 Å². The largest absolute Gasteiger partial charge is 0.319 e. The van der Waals surface area contributed by atoms with Crippen LogP contribution in [0.5, 0.6) is 0 Å². The number of amides is 1. The molecule has 3 nitrogen and oxygen atoms in total. The molecule has 40 heavy (non-hydrogen) atoms. The first-order chi connectivity index (χ1) is 19.7. The zero-order chi connectivity index (χ0) is 27.3. The molecule has 0 saturated carbocycles. The van der Waals surface area contributed by atoms with Gasteiger partial charge in [0.05, 0.1) is 16.5 Å². The second-order valence-corrected chi connectivity index (χ2v) is 10.6. The smallest absolute Gasteiger partial charge is 0.260 e. The number of benzene rings is 5. The molecule has 194 valence electrons. The van der Waals surface area contributed by atoms with Gasteiger partial charge in [0.15, 0.2) is 4.80 Å². The predicted molar refractivity (Wildman–Crippen MR) is 165 cm³/mol. The standard InChI is InChI=1S/C36H28N2OS/c1-38-33(30-24-22-27(23-25-30)26-14-6-2-7-15-26)34(31-20-12-5-13-21-31)40-36(38)37-35(39)32(28-16-8-3-9-17-28)29-18-10-4-11-19-29/h2-25,32H,1H3. The molecule has 0 atom stereocenters. The molecule has 0 bridgehead atoms. The average molecular weight is 537 g/mol. The Balaban J connectivity index is 1.47. The SMILES string of the molecule is Cn1c(-c2ccc(-c3ccccc3)cc2)c(-c2ccccc2)sc1=NC(=O)C(c1ccccc1)c1ccccc1. The fourth-order valence-electron chi connectivity index (χ4n) is 5.04. The fraction of sp³-hybridized carbons (Fsp3) is 0.0556. The van der Waals surface area contributed by atoms with Crippen LogP contribution in [0, 0.1) is 0 Å². The molecule has 0 spiro atoms. The van der Waals surface area contributed by atoms with Crippen molar-refractivity contribution >= 4 is 17.2 Å². The van der Waals surface area contributed by atoms with E-state index in [1.54, 1.807) is 11.3 Å². The predicted octanol–water partition coefficient (Wildman–Crippen LogP) is 8.35. The summed E-state index contributed by atoms with van der Waals surface area (Å²) in [4.78, 5) is 20.4. The molecule has 6 rings (SSSR count). The topological polar surface area (TPSA) is 34.4 Å². The van der Waals surface area contributed by atoms with E-state index >= 15 is 0 Å². The Labute approximate surface area is 238 Å². The van der Waals surface area contributed by atoms with E-state index in [9.17, 15) is 4.79 Å². The van der Waals surface area contributed by atoms with Crippen molar-refractivity contribution in [3.8, 4) is 32.8 Å². The van der Waals surface area contributed by atoms with Gasteiger partial charge in [0, 0.05) is 7.05 Å². The lowest BCUT2D eigenvalue weighted by molar-refractivity contribution is -0.118. The van der Waals surface area contributed by atoms with Gasteiger partial charge in [-0.05, 0) is 33.4 Å². The summed E-state index contributed by atoms with van der Waals surface area (Å²) < 4.78 is 2.05. The second kappa shape index (κ2) is 11.5. The van der Waals surface area contributed by atoms with Crippen LogP contribution in [0.2, 0.25) is 0 Å². The number of thiazole rings is 1. The van der Waals surface area contributed by atoms with Crippen LogP contribution in [-0.4, -0.2) is 10.5 Å². The summed E-state index contributed by atoms with van der Waals surface area (Å²) in [5, 5.41) is 0. The molecule has 6 aromatic rings. The van der Waals surface area contributed by atoms with Crippen molar-refractivity contribution < 1.29 is 4.79 Å². The summed E-state index contributed by atoms with van der Waals surface area (Å²) >= 11 is 1.55. The van der Waals surface area contributed by atoms with Crippen LogP contribution >= 0.6 is 11.3 Å². The van der Waals surface area contributed by atoms with Gasteiger partial charge in [0.1, 0.15) is 0 Å². The minimum atomic E-state index is -0.474. The Kier molecular flexibility index (Phi) is 7.34. The monoisotopic (exact) mass is 536 g/mol. The van der Waals surface area contributed by atoms with Crippen molar-refractivity contribution in [1.29, 1.82) is 0 Å². The number of carbonyl (C=O) groups excluding carboxylic acids is 1. The van der Waals surface area contributed by atoms with Gasteiger partial charge in [-0.15, -0.1) is 0 Å². The van der Waals surface area contributed by atoms with E-state index in [2.05, 4.69) is 65.2 Å². The molecule has 1 heterocycles. The molecular formula is C36H28N2OS. The number of rotatable bonds is 6. The van der Waals surface area contributed by atoms with E-state index < -0.39 is 5.92 Å². The molecule has 0 unspecified atom stereocenters. The van der Waals surface area contributed by atoms with Gasteiger partial charge >= 0.3 is 0 Å². The van der Waals surface area contributed by atoms with E-state index in [0.717, 1.165) is 38.4 Å². The molecule has 0 aliphatic rings. The number of aromatic nitrogens is 1. The quantitative estimate of drug-likeness (QED) is 0.211. The first-order valence-electron chi connectivity index (χ1n) is 13.3. The summed E-state index contributed by atoms with van der Waals surface area (Å²) in [5.41, 5.74) is 7.43. The molecule has 0 radical (unpaired) electrons. The van der Waals surface area contributed by atoms with Crippen molar-refractivity contribution in [1.82, 2.24) is 4.57 Å². The zero-order valence-corrected chi connectivity index (χ0v) is 23.0. The lowest BCUT2D eigenvalue weighted by Gasteiger charge is -2.14. The molecule has 1 amide bonds. The third kappa shape index (κ3) is 5.22. The highest BCUT2D eigenvalue weighted by Gasteiger charge is 2.23. The minimum absolute atomic E-state index is 0.181. The van der Waals surface area contributed by atoms with Crippen molar-refractivity contribution in [3.05, 3.63) is 162 Å². The van der Waals surface area contributed by atoms with Crippen LogP contribution in [0.3, 0.4) is 0 Å². The summed E-state index contributed by atoms with van der Waals surface area (Å²) in [7, 11) is 2.00. The van der Waals surface area contributed by atoms with Gasteiger partial charge in [-0.1, -0.05) is 157 Å². The fourth-order valence-corrected chi connectivity index (χ4v) is 6.19. The molecule has 0 N–H and O–H groups in total. The van der Waals surface area contributed by atoms with Crippen LogP contribution < -0.4 is 4.80 Å². The third-order valence-corrected chi connectivity index (χ3v) is 8.23. The molecule has 0 aliphatic carbocycles. The Morgan fingerprint density at radius 3 is 1.52 bits per heavy atom. The lowest BCUT2D eigenvalue weighted by Crippen LogP contribution is -2.19. The van der Waals surface area contributed by atoms with Crippen LogP contribution in [0.15, 0.2) is 151 Å². The lowest BCUT2D eigenvalue weighted by atomic mass is 9.91. The summed E-state index contributed by atoms with van der Waals surface area (Å²) in [6, 6.07) is 49.1. The zero-order valence-electron chi connectivity index (χ0n) is 22.1. The maximum absolute atomic E-state index is 13.9. The molecule has 5 aromatic carbocycles. The molecule has 0 aliphatic heterocycles. The Hall–Kier alpha value is -4.80. The van der Waals surface area contributed by atoms with E-state index in [1.165, 1.54) is 5.56 Å². The number of nitrogens with zero attached hydrogens (tertiary/aromatic N) is 2. The molecule has 0 fully saturated rings. The molecule has 0 saturated heterocycles. The van der Waals surface area contributed by atoms with E-state index in [-0.39, 0.29) is 5.91 Å². The summed E-state index contributed by atoms with van der Waals surface area (Å²) in [5.74, 6) is -0.655. The summed E-state index contributed by atoms with van der Waals surface area (Å²) in [6.45, 7) is 0. The van der Waals surface area contributed by atoms with E-state index in [4.69, 9.17) is 4.99 Å². The van der Waals surface area contributed by atoms with Gasteiger partial charge < -0.3 is 4.57 Å². The third-order valence-electron chi connectivity index (χ3n) is 7.05. The number of hydrogen-bond acceptors (Lipinski definition) is 2. The van der Waals surface area contributed by atoms with Crippen molar-refractivity contribution in [2.24, 2.45) is 12.0 Å². The molecule has 1 aromatic heterocycles. The normalized spacial score (nSPS) is 11.6. The highest BCUT2D eigenvalue weighted by molar-refractivity contribution is 7.13. The number of hydrogen-bond donors (Lipinski definition) is 0. The van der Waals surface area contributed by atoms with Gasteiger partial charge in [-0.2, -0.15) is 4.99 Å². The van der Waals surface area contributed by atoms with Crippen LogP contribution in [-0.2, 0) is 11.8 Å². The number of carbonyl (C=O) groups is 1. The van der Waals surface area contributed by atoms with Crippen LogP contribution in [0.4, 0.5) is 0 Å². The Bertz CT molecular complexity index is 1750.